The summed E-state index contributed by atoms with van der Waals surface area (Å²) in [6.07, 6.45) is 15.5. The summed E-state index contributed by atoms with van der Waals surface area (Å²) in [5, 5.41) is 10.5. The Kier molecular flexibility index (Phi) is 7.11. The third-order valence-electron chi connectivity index (χ3n) is 9.65. The average molecular weight is 509 g/mol. The minimum atomic E-state index is -0.281. The van der Waals surface area contributed by atoms with Crippen molar-refractivity contribution in [2.24, 2.45) is 0 Å². The molecule has 1 amide bonds. The highest BCUT2D eigenvalue weighted by Crippen LogP contribution is 2.42. The van der Waals surface area contributed by atoms with Gasteiger partial charge in [-0.15, -0.1) is 0 Å². The van der Waals surface area contributed by atoms with Gasteiger partial charge in [-0.2, -0.15) is 4.98 Å². The van der Waals surface area contributed by atoms with Crippen LogP contribution in [0.4, 0.5) is 11.8 Å². The van der Waals surface area contributed by atoms with Crippen molar-refractivity contribution in [2.75, 3.05) is 49.5 Å². The number of likely N-dealkylation sites (tertiary alicyclic amines) is 1. The van der Waals surface area contributed by atoms with Gasteiger partial charge in [-0.1, -0.05) is 45.3 Å². The molecule has 1 aromatic rings. The number of carbonyl (C=O) groups excluding carboxylic acids is 1. The maximum atomic E-state index is 12.8. The molecule has 0 bridgehead atoms. The van der Waals surface area contributed by atoms with E-state index in [1.165, 1.54) is 45.2 Å². The maximum absolute atomic E-state index is 12.8. The Hall–Kier alpha value is -2.23. The highest BCUT2D eigenvalue weighted by Gasteiger charge is 2.49. The van der Waals surface area contributed by atoms with Crippen LogP contribution in [0.5, 0.6) is 0 Å². The normalized spacial score (nSPS) is 31.3. The third-order valence-corrected chi connectivity index (χ3v) is 9.65. The zero-order chi connectivity index (χ0) is 25.4. The summed E-state index contributed by atoms with van der Waals surface area (Å²) in [6.45, 7) is 10.9. The number of nitrogens with zero attached hydrogens (tertiary/aromatic N) is 5. The van der Waals surface area contributed by atoms with Gasteiger partial charge in [-0.3, -0.25) is 19.9 Å². The summed E-state index contributed by atoms with van der Waals surface area (Å²) < 4.78 is 0. The fourth-order valence-electron chi connectivity index (χ4n) is 7.54. The van der Waals surface area contributed by atoms with Crippen molar-refractivity contribution in [3.8, 4) is 0 Å². The van der Waals surface area contributed by atoms with E-state index >= 15 is 0 Å². The molecule has 5 aliphatic rings. The molecule has 0 radical (unpaired) electrons. The van der Waals surface area contributed by atoms with E-state index in [9.17, 15) is 4.79 Å². The number of amides is 1. The highest BCUT2D eigenvalue weighted by atomic mass is 16.2. The van der Waals surface area contributed by atoms with Crippen LogP contribution in [0.15, 0.2) is 12.3 Å². The molecule has 6 rings (SSSR count). The summed E-state index contributed by atoms with van der Waals surface area (Å²) >= 11 is 0. The summed E-state index contributed by atoms with van der Waals surface area (Å²) in [4.78, 5) is 30.2. The van der Waals surface area contributed by atoms with Crippen molar-refractivity contribution in [2.45, 2.75) is 95.0 Å². The fraction of sp³-hybridized carbons (Fsp3) is 0.750. The molecule has 0 aromatic carbocycles. The first-order valence-electron chi connectivity index (χ1n) is 14.7. The van der Waals surface area contributed by atoms with Gasteiger partial charge in [0.25, 0.3) is 0 Å². The van der Waals surface area contributed by atoms with Crippen LogP contribution in [-0.2, 0) is 4.79 Å². The smallest absolute Gasteiger partial charge is 0.246 e. The molecule has 3 saturated heterocycles. The predicted molar refractivity (Wildman–Crippen MR) is 147 cm³/mol. The van der Waals surface area contributed by atoms with Crippen molar-refractivity contribution < 1.29 is 4.79 Å². The zero-order valence-electron chi connectivity index (χ0n) is 22.6. The zero-order valence-corrected chi connectivity index (χ0v) is 22.6. The molecule has 1 aliphatic carbocycles. The molecule has 1 saturated carbocycles. The minimum absolute atomic E-state index is 0.0447. The largest absolute Gasteiger partial charge is 0.352 e. The Morgan fingerprint density at radius 3 is 2.76 bits per heavy atom. The van der Waals surface area contributed by atoms with Crippen LogP contribution in [0.2, 0.25) is 0 Å². The van der Waals surface area contributed by atoms with Gasteiger partial charge >= 0.3 is 0 Å². The van der Waals surface area contributed by atoms with E-state index in [0.29, 0.717) is 24.6 Å². The number of rotatable bonds is 6. The van der Waals surface area contributed by atoms with Gasteiger partial charge in [0.05, 0.1) is 11.7 Å². The number of piperazine rings is 1. The van der Waals surface area contributed by atoms with Crippen molar-refractivity contribution in [3.05, 3.63) is 17.8 Å². The lowest BCUT2D eigenvalue weighted by atomic mass is 9.77. The van der Waals surface area contributed by atoms with Gasteiger partial charge in [0.15, 0.2) is 0 Å². The first-order chi connectivity index (χ1) is 18.1. The van der Waals surface area contributed by atoms with E-state index in [2.05, 4.69) is 49.5 Å². The van der Waals surface area contributed by atoms with Crippen LogP contribution in [-0.4, -0.2) is 94.8 Å². The minimum Gasteiger partial charge on any atom is -0.352 e. The van der Waals surface area contributed by atoms with Gasteiger partial charge in [0, 0.05) is 50.0 Å². The van der Waals surface area contributed by atoms with Crippen LogP contribution in [0, 0.1) is 0 Å². The monoisotopic (exact) mass is 508 g/mol. The number of carbonyl (C=O) groups is 1. The maximum Gasteiger partial charge on any atom is 0.246 e. The second-order valence-electron chi connectivity index (χ2n) is 11.6. The standard InChI is InChI=1S/C28H44N8O/c1-3-34(4-2)22-12-15-35(18-22)21-9-11-24(29-17-21)32-27-30-16-20-8-10-23-26(37)31-19-28(13-6-5-7-14-28)36(23)25(20)33-27/h8,10,16,21-24,29H,3-7,9,11-15,17-19H2,1-2H3,(H,31,37)(H,30,32,33). The molecule has 4 aliphatic heterocycles. The Labute approximate surface area is 221 Å². The lowest BCUT2D eigenvalue weighted by molar-refractivity contribution is -0.123. The fourth-order valence-corrected chi connectivity index (χ4v) is 7.54. The summed E-state index contributed by atoms with van der Waals surface area (Å²) in [5.41, 5.74) is 0.965. The molecule has 4 fully saturated rings. The van der Waals surface area contributed by atoms with Crippen molar-refractivity contribution in [3.63, 3.8) is 0 Å². The van der Waals surface area contributed by atoms with Crippen LogP contribution in [0.1, 0.15) is 70.8 Å². The molecule has 1 aromatic heterocycles. The van der Waals surface area contributed by atoms with Crippen molar-refractivity contribution in [1.82, 2.24) is 30.4 Å². The third kappa shape index (κ3) is 4.74. The molecule has 5 heterocycles. The number of hydrogen-bond donors (Lipinski definition) is 3. The van der Waals surface area contributed by atoms with E-state index in [0.717, 1.165) is 50.3 Å². The Morgan fingerprint density at radius 2 is 2.00 bits per heavy atom. The first kappa shape index (κ1) is 25.1. The molecular formula is C28H44N8O. The van der Waals surface area contributed by atoms with Gasteiger partial charge in [0.2, 0.25) is 11.9 Å². The quantitative estimate of drug-likeness (QED) is 0.540. The average Bonchev–Trinajstić information content (AvgIpc) is 3.42. The van der Waals surface area contributed by atoms with Crippen molar-refractivity contribution in [1.29, 1.82) is 0 Å². The Bertz CT molecular complexity index is 996. The number of fused-ring (bicyclic) bond motifs is 4. The number of hydrogen-bond acceptors (Lipinski definition) is 8. The van der Waals surface area contributed by atoms with Gasteiger partial charge < -0.3 is 15.5 Å². The topological polar surface area (TPSA) is 88.7 Å². The number of anilines is 2. The Balaban J connectivity index is 1.12. The van der Waals surface area contributed by atoms with E-state index in [1.54, 1.807) is 0 Å². The number of aromatic nitrogens is 2. The van der Waals surface area contributed by atoms with Crippen LogP contribution < -0.4 is 20.9 Å². The molecular weight excluding hydrogens is 464 g/mol. The lowest BCUT2D eigenvalue weighted by Gasteiger charge is -2.54. The first-order valence-corrected chi connectivity index (χ1v) is 14.7. The summed E-state index contributed by atoms with van der Waals surface area (Å²) in [5.74, 6) is 1.65. The second kappa shape index (κ2) is 10.5. The van der Waals surface area contributed by atoms with E-state index < -0.39 is 0 Å². The van der Waals surface area contributed by atoms with E-state index in [1.807, 2.05) is 18.3 Å². The predicted octanol–water partition coefficient (Wildman–Crippen LogP) is 2.42. The molecule has 3 N–H and O–H groups in total. The van der Waals surface area contributed by atoms with Crippen LogP contribution >= 0.6 is 0 Å². The molecule has 4 atom stereocenters. The van der Waals surface area contributed by atoms with Crippen molar-refractivity contribution >= 4 is 23.7 Å². The molecule has 9 nitrogen and oxygen atoms in total. The second-order valence-corrected chi connectivity index (χ2v) is 11.6. The molecule has 1 spiro atoms. The highest BCUT2D eigenvalue weighted by molar-refractivity contribution is 5.93. The number of likely N-dealkylation sites (N-methyl/N-ethyl adjacent to an activating group) is 1. The van der Waals surface area contributed by atoms with Gasteiger partial charge in [-0.05, 0) is 45.2 Å². The van der Waals surface area contributed by atoms with Crippen LogP contribution in [0.25, 0.3) is 6.08 Å². The summed E-state index contributed by atoms with van der Waals surface area (Å²) in [7, 11) is 0. The SMILES string of the molecule is CCN(CC)C1CCN(C2CCC(Nc3ncc4c(n3)N3C(C=C4)C(=O)NCC34CCCCC4)NC2)C1. The van der Waals surface area contributed by atoms with Crippen LogP contribution in [0.3, 0.4) is 0 Å². The number of nitrogens with one attached hydrogen (secondary N) is 3. The van der Waals surface area contributed by atoms with Gasteiger partial charge in [-0.25, -0.2) is 4.98 Å². The Morgan fingerprint density at radius 1 is 1.16 bits per heavy atom. The van der Waals surface area contributed by atoms with E-state index in [4.69, 9.17) is 4.98 Å². The molecule has 4 unspecified atom stereocenters. The van der Waals surface area contributed by atoms with E-state index in [-0.39, 0.29) is 23.7 Å². The molecule has 9 heteroatoms. The lowest BCUT2D eigenvalue weighted by Crippen LogP contribution is -2.69. The van der Waals surface area contributed by atoms with Gasteiger partial charge in [0.1, 0.15) is 11.9 Å². The summed E-state index contributed by atoms with van der Waals surface area (Å²) in [6, 6.07) is 1.03. The number of piperidine rings is 1. The molecule has 202 valence electrons. The molecule has 37 heavy (non-hydrogen) atoms.